The van der Waals surface area contributed by atoms with E-state index in [0.717, 1.165) is 23.2 Å². The van der Waals surface area contributed by atoms with Crippen molar-refractivity contribution in [3.63, 3.8) is 0 Å². The Balaban J connectivity index is 1.49. The minimum Gasteiger partial charge on any atom is -0.378 e. The molecule has 1 heterocycles. The second-order valence-corrected chi connectivity index (χ2v) is 10.5. The number of benzene rings is 3. The van der Waals surface area contributed by atoms with Gasteiger partial charge in [0.15, 0.2) is 0 Å². The standard InChI is InChI=1S/C24H19Cl2FN2O2S/c25-15-6-10-23(21(26)12-15)29-32(30,31)17-9-11-22-20(13-17)18-2-1-3-19(18)24(28-22)14-4-7-16(27)8-5-14/h1-2,4-13,18-19,24,28-29H,3H2/t18-,19+,24+/m0/s1. The fraction of sp³-hybridized carbons (Fsp3) is 0.167. The topological polar surface area (TPSA) is 58.2 Å². The molecule has 0 amide bonds. The summed E-state index contributed by atoms with van der Waals surface area (Å²) in [7, 11) is -3.85. The normalized spacial score (nSPS) is 21.5. The Labute approximate surface area is 196 Å². The number of hydrogen-bond donors (Lipinski definition) is 2. The van der Waals surface area contributed by atoms with Gasteiger partial charge in [-0.15, -0.1) is 0 Å². The molecule has 0 fully saturated rings. The third-order valence-corrected chi connectivity index (χ3v) is 7.96. The maximum atomic E-state index is 13.4. The molecule has 1 aliphatic heterocycles. The van der Waals surface area contributed by atoms with Gasteiger partial charge in [-0.1, -0.05) is 47.5 Å². The maximum Gasteiger partial charge on any atom is 0.261 e. The molecule has 4 nitrogen and oxygen atoms in total. The molecule has 0 saturated carbocycles. The first-order valence-electron chi connectivity index (χ1n) is 10.1. The Morgan fingerprint density at radius 1 is 1.00 bits per heavy atom. The van der Waals surface area contributed by atoms with Crippen LogP contribution < -0.4 is 10.0 Å². The van der Waals surface area contributed by atoms with Crippen LogP contribution in [-0.4, -0.2) is 8.42 Å². The molecule has 2 N–H and O–H groups in total. The number of anilines is 2. The monoisotopic (exact) mass is 488 g/mol. The highest BCUT2D eigenvalue weighted by atomic mass is 35.5. The Bertz CT molecular complexity index is 1330. The molecular formula is C24H19Cl2FN2O2S. The van der Waals surface area contributed by atoms with E-state index < -0.39 is 10.0 Å². The zero-order chi connectivity index (χ0) is 22.5. The van der Waals surface area contributed by atoms with Crippen molar-refractivity contribution in [2.24, 2.45) is 5.92 Å². The molecule has 0 spiro atoms. The SMILES string of the molecule is O=S(=O)(Nc1ccc(Cl)cc1Cl)c1ccc2c(c1)[C@H]1C=CC[C@H]1[C@@H](c1ccc(F)cc1)N2. The van der Waals surface area contributed by atoms with Crippen LogP contribution in [0.25, 0.3) is 0 Å². The smallest absolute Gasteiger partial charge is 0.261 e. The van der Waals surface area contributed by atoms with Crippen LogP contribution in [0.2, 0.25) is 10.0 Å². The molecule has 3 aromatic carbocycles. The Morgan fingerprint density at radius 2 is 1.78 bits per heavy atom. The van der Waals surface area contributed by atoms with Crippen LogP contribution in [0.1, 0.15) is 29.5 Å². The number of sulfonamides is 1. The highest BCUT2D eigenvalue weighted by Gasteiger charge is 2.38. The molecule has 2 aliphatic rings. The summed E-state index contributed by atoms with van der Waals surface area (Å²) in [6, 6.07) is 16.2. The van der Waals surface area contributed by atoms with Crippen molar-refractivity contribution < 1.29 is 12.8 Å². The van der Waals surface area contributed by atoms with Gasteiger partial charge >= 0.3 is 0 Å². The van der Waals surface area contributed by atoms with E-state index in [-0.39, 0.29) is 39.3 Å². The van der Waals surface area contributed by atoms with E-state index in [4.69, 9.17) is 23.2 Å². The van der Waals surface area contributed by atoms with Crippen molar-refractivity contribution in [3.8, 4) is 0 Å². The fourth-order valence-electron chi connectivity index (χ4n) is 4.52. The highest BCUT2D eigenvalue weighted by Crippen LogP contribution is 2.50. The molecule has 0 saturated heterocycles. The first kappa shape index (κ1) is 21.3. The van der Waals surface area contributed by atoms with E-state index in [1.54, 1.807) is 36.4 Å². The lowest BCUT2D eigenvalue weighted by Gasteiger charge is -2.37. The number of halogens is 3. The zero-order valence-electron chi connectivity index (χ0n) is 16.7. The summed E-state index contributed by atoms with van der Waals surface area (Å²) in [4.78, 5) is 0.156. The molecule has 3 aromatic rings. The minimum atomic E-state index is -3.85. The van der Waals surface area contributed by atoms with Gasteiger partial charge in [-0.05, 0) is 72.0 Å². The number of rotatable bonds is 4. The van der Waals surface area contributed by atoms with Crippen molar-refractivity contribution >= 4 is 44.6 Å². The van der Waals surface area contributed by atoms with Crippen molar-refractivity contribution in [1.29, 1.82) is 0 Å². The number of nitrogens with one attached hydrogen (secondary N) is 2. The van der Waals surface area contributed by atoms with Gasteiger partial charge in [-0.2, -0.15) is 0 Å². The molecule has 8 heteroatoms. The summed E-state index contributed by atoms with van der Waals surface area (Å²) in [5, 5.41) is 4.18. The first-order valence-corrected chi connectivity index (χ1v) is 12.4. The van der Waals surface area contributed by atoms with Gasteiger partial charge in [0.2, 0.25) is 0 Å². The van der Waals surface area contributed by atoms with Crippen molar-refractivity contribution in [2.45, 2.75) is 23.3 Å². The summed E-state index contributed by atoms with van der Waals surface area (Å²) in [5.74, 6) is 0.00866. The third kappa shape index (κ3) is 3.87. The average Bonchev–Trinajstić information content (AvgIpc) is 3.26. The van der Waals surface area contributed by atoms with Crippen LogP contribution in [0.3, 0.4) is 0 Å². The van der Waals surface area contributed by atoms with E-state index in [9.17, 15) is 12.8 Å². The summed E-state index contributed by atoms with van der Waals surface area (Å²) in [6.45, 7) is 0. The van der Waals surface area contributed by atoms with Gasteiger partial charge in [-0.3, -0.25) is 4.72 Å². The highest BCUT2D eigenvalue weighted by molar-refractivity contribution is 7.92. The Kier molecular flexibility index (Phi) is 5.40. The van der Waals surface area contributed by atoms with Gasteiger partial charge in [0.1, 0.15) is 5.82 Å². The molecule has 0 bridgehead atoms. The molecule has 1 aliphatic carbocycles. The van der Waals surface area contributed by atoms with Gasteiger partial charge in [0, 0.05) is 16.6 Å². The van der Waals surface area contributed by atoms with E-state index >= 15 is 0 Å². The van der Waals surface area contributed by atoms with Crippen LogP contribution in [0.4, 0.5) is 15.8 Å². The predicted octanol–water partition coefficient (Wildman–Crippen LogP) is 6.76. The van der Waals surface area contributed by atoms with Gasteiger partial charge in [-0.25, -0.2) is 12.8 Å². The van der Waals surface area contributed by atoms with E-state index in [1.807, 2.05) is 0 Å². The molecule has 0 radical (unpaired) electrons. The van der Waals surface area contributed by atoms with Crippen LogP contribution in [0.5, 0.6) is 0 Å². The van der Waals surface area contributed by atoms with Crippen LogP contribution in [-0.2, 0) is 10.0 Å². The quantitative estimate of drug-likeness (QED) is 0.398. The maximum absolute atomic E-state index is 13.4. The van der Waals surface area contributed by atoms with Crippen molar-refractivity contribution in [2.75, 3.05) is 10.0 Å². The number of allylic oxidation sites excluding steroid dienone is 2. The predicted molar refractivity (Wildman–Crippen MR) is 126 cm³/mol. The average molecular weight is 489 g/mol. The summed E-state index contributed by atoms with van der Waals surface area (Å²) in [6.07, 6.45) is 5.10. The number of hydrogen-bond acceptors (Lipinski definition) is 3. The van der Waals surface area contributed by atoms with E-state index in [2.05, 4.69) is 22.2 Å². The minimum absolute atomic E-state index is 0.0107. The van der Waals surface area contributed by atoms with Crippen LogP contribution >= 0.6 is 23.2 Å². The zero-order valence-corrected chi connectivity index (χ0v) is 19.1. The molecule has 32 heavy (non-hydrogen) atoms. The Hall–Kier alpha value is -2.54. The van der Waals surface area contributed by atoms with Gasteiger partial charge in [0.05, 0.1) is 21.6 Å². The molecule has 5 rings (SSSR count). The van der Waals surface area contributed by atoms with Gasteiger partial charge < -0.3 is 5.32 Å². The largest absolute Gasteiger partial charge is 0.378 e. The van der Waals surface area contributed by atoms with Gasteiger partial charge in [0.25, 0.3) is 10.0 Å². The van der Waals surface area contributed by atoms with E-state index in [1.165, 1.54) is 24.3 Å². The fourth-order valence-corrected chi connectivity index (χ4v) is 6.14. The first-order chi connectivity index (χ1) is 15.3. The lowest BCUT2D eigenvalue weighted by molar-refractivity contribution is 0.424. The van der Waals surface area contributed by atoms with Crippen LogP contribution in [0.15, 0.2) is 77.7 Å². The Morgan fingerprint density at radius 3 is 2.53 bits per heavy atom. The molecule has 3 atom stereocenters. The molecule has 164 valence electrons. The second kappa shape index (κ2) is 8.10. The summed E-state index contributed by atoms with van der Waals surface area (Å²) < 4.78 is 42.1. The third-order valence-electron chi connectivity index (χ3n) is 6.05. The lowest BCUT2D eigenvalue weighted by atomic mass is 9.77. The summed E-state index contributed by atoms with van der Waals surface area (Å²) in [5.41, 5.74) is 3.07. The van der Waals surface area contributed by atoms with Crippen molar-refractivity contribution in [1.82, 2.24) is 0 Å². The van der Waals surface area contributed by atoms with Crippen LogP contribution in [0, 0.1) is 11.7 Å². The molecular weight excluding hydrogens is 470 g/mol. The van der Waals surface area contributed by atoms with E-state index in [0.29, 0.717) is 5.02 Å². The lowest BCUT2D eigenvalue weighted by Crippen LogP contribution is -2.29. The van der Waals surface area contributed by atoms with Crippen molar-refractivity contribution in [3.05, 3.63) is 99.8 Å². The second-order valence-electron chi connectivity index (χ2n) is 8.01. The molecule has 0 aromatic heterocycles. The summed E-state index contributed by atoms with van der Waals surface area (Å²) >= 11 is 12.0. The number of fused-ring (bicyclic) bond motifs is 3. The molecule has 0 unspecified atom stereocenters.